The van der Waals surface area contributed by atoms with Crippen molar-refractivity contribution < 1.29 is 0 Å². The fraction of sp³-hybridized carbons (Fsp3) is 0.0377. The van der Waals surface area contributed by atoms with Crippen LogP contribution in [0.25, 0.3) is 121 Å². The van der Waals surface area contributed by atoms with Gasteiger partial charge in [0.05, 0.1) is 17.1 Å². The van der Waals surface area contributed by atoms with Crippen LogP contribution in [0.5, 0.6) is 0 Å². The zero-order valence-electron chi connectivity index (χ0n) is 60.2. The first-order valence-electron chi connectivity index (χ1n) is 37.6. The molecule has 0 heterocycles. The van der Waals surface area contributed by atoms with Gasteiger partial charge in [-0.15, -0.1) is 0 Å². The smallest absolute Gasteiger partial charge is 0.0543 e. The number of anilines is 6. The molecule has 18 aromatic rings. The molecule has 508 valence electrons. The van der Waals surface area contributed by atoms with E-state index < -0.39 is 0 Å². The lowest BCUT2D eigenvalue weighted by Gasteiger charge is -2.31. The topological polar surface area (TPSA) is 6.48 Å². The van der Waals surface area contributed by atoms with Gasteiger partial charge in [-0.25, -0.2) is 0 Å². The SMILES string of the molecule is CC1(c2ccccc2)c2ccccc2-c2c(N(c3ccc(-c4cccc5ccccc45)cc3)c3ccc(-c4cc(-c5cccc6c(-c7ccc(N(c8ccccc8-c8cccc(-c9ccccc9)c8)c8cccc9c8-c8ccccc8C9(C)c8ccccc8)cc7)cccc56)cc5ccccc45)cc3)cccc21. The Morgan fingerprint density at radius 3 is 1.11 bits per heavy atom. The van der Waals surface area contributed by atoms with Gasteiger partial charge in [0.1, 0.15) is 0 Å². The maximum atomic E-state index is 2.52. The van der Waals surface area contributed by atoms with Gasteiger partial charge in [0.2, 0.25) is 0 Å². The van der Waals surface area contributed by atoms with Gasteiger partial charge in [-0.05, 0) is 225 Å². The normalized spacial score (nSPS) is 14.6. The number of para-hydroxylation sites is 1. The van der Waals surface area contributed by atoms with Gasteiger partial charge >= 0.3 is 0 Å². The summed E-state index contributed by atoms with van der Waals surface area (Å²) in [6.45, 7) is 4.81. The molecule has 0 amide bonds. The van der Waals surface area contributed by atoms with E-state index in [1.165, 1.54) is 132 Å². The molecule has 0 saturated heterocycles. The molecule has 0 spiro atoms. The number of nitrogens with zero attached hydrogens (tertiary/aromatic N) is 2. The quantitative estimate of drug-likeness (QED) is 0.107. The minimum atomic E-state index is -0.377. The van der Waals surface area contributed by atoms with Crippen LogP contribution >= 0.6 is 0 Å². The number of hydrogen-bond donors (Lipinski definition) is 0. The average Bonchev–Trinajstić information content (AvgIpc) is 1.55. The van der Waals surface area contributed by atoms with Crippen LogP contribution in [0.3, 0.4) is 0 Å². The lowest BCUT2D eigenvalue weighted by Crippen LogP contribution is -2.22. The van der Waals surface area contributed by atoms with Crippen LogP contribution in [0.2, 0.25) is 0 Å². The standard InChI is InChI=1S/C106H74N2/c1-105(80-35-8-4-9-36-80)96-49-19-16-42-93(96)103-98(105)51-26-54-101(103)107(82-62-56-73(57-63-82)86-44-23-32-72-30-12-14-39-85(72)86)83-64-60-75(61-65-83)95-70-79(69-77-31-13-15-40-88(77)95)89-46-25-47-91-87(45-24-48-92(89)91)74-58-66-84(67-59-74)108(100-53-21-18-41-90(100)78-34-22-33-76(68-78)71-28-6-3-7-29-71)102-55-27-52-99-104(102)94-43-17-20-50-97(94)106(99,2)81-37-10-5-11-38-81/h3-70H,1-2H3. The highest BCUT2D eigenvalue weighted by Crippen LogP contribution is 2.60. The van der Waals surface area contributed by atoms with Crippen LogP contribution in [-0.2, 0) is 10.8 Å². The fourth-order valence-corrected chi connectivity index (χ4v) is 18.2. The number of benzene rings is 18. The van der Waals surface area contributed by atoms with E-state index in [1.54, 1.807) is 0 Å². The third-order valence-electron chi connectivity index (χ3n) is 23.4. The second kappa shape index (κ2) is 26.2. The summed E-state index contributed by atoms with van der Waals surface area (Å²) in [5.74, 6) is 0. The molecule has 20 rings (SSSR count). The van der Waals surface area contributed by atoms with E-state index in [0.717, 1.165) is 56.4 Å². The summed E-state index contributed by atoms with van der Waals surface area (Å²) in [6, 6.07) is 153. The van der Waals surface area contributed by atoms with E-state index in [-0.39, 0.29) is 10.8 Å². The Labute approximate surface area is 631 Å². The summed E-state index contributed by atoms with van der Waals surface area (Å²) in [5, 5.41) is 7.28. The summed E-state index contributed by atoms with van der Waals surface area (Å²) in [7, 11) is 0. The molecule has 18 aromatic carbocycles. The molecule has 2 aliphatic carbocycles. The van der Waals surface area contributed by atoms with E-state index in [9.17, 15) is 0 Å². The Bertz CT molecular complexity index is 6490. The maximum Gasteiger partial charge on any atom is 0.0543 e. The Balaban J connectivity index is 0.689. The third kappa shape index (κ3) is 10.5. The molecule has 0 fully saturated rings. The van der Waals surface area contributed by atoms with Crippen molar-refractivity contribution in [2.45, 2.75) is 24.7 Å². The number of hydrogen-bond acceptors (Lipinski definition) is 2. The van der Waals surface area contributed by atoms with Crippen molar-refractivity contribution in [1.29, 1.82) is 0 Å². The molecule has 2 nitrogen and oxygen atoms in total. The first kappa shape index (κ1) is 64.0. The van der Waals surface area contributed by atoms with E-state index in [2.05, 4.69) is 436 Å². The molecule has 0 aliphatic heterocycles. The second-order valence-corrected chi connectivity index (χ2v) is 29.2. The summed E-state index contributed by atoms with van der Waals surface area (Å²) in [6.07, 6.45) is 0. The molecule has 108 heavy (non-hydrogen) atoms. The molecule has 2 aliphatic rings. The van der Waals surface area contributed by atoms with Gasteiger partial charge in [-0.1, -0.05) is 340 Å². The molecule has 0 saturated carbocycles. The van der Waals surface area contributed by atoms with Crippen molar-refractivity contribution in [3.8, 4) is 89.0 Å². The van der Waals surface area contributed by atoms with Crippen LogP contribution in [0.4, 0.5) is 34.1 Å². The van der Waals surface area contributed by atoms with E-state index in [1.807, 2.05) is 0 Å². The number of rotatable bonds is 14. The van der Waals surface area contributed by atoms with Crippen LogP contribution in [0.15, 0.2) is 413 Å². The first-order chi connectivity index (χ1) is 53.3. The van der Waals surface area contributed by atoms with Gasteiger partial charge in [0, 0.05) is 44.6 Å². The van der Waals surface area contributed by atoms with Crippen molar-refractivity contribution >= 4 is 66.4 Å². The Hall–Kier alpha value is -13.7. The lowest BCUT2D eigenvalue weighted by atomic mass is 9.74. The van der Waals surface area contributed by atoms with Crippen molar-refractivity contribution in [3.05, 3.63) is 446 Å². The highest BCUT2D eigenvalue weighted by molar-refractivity contribution is 6.09. The third-order valence-corrected chi connectivity index (χ3v) is 23.4. The van der Waals surface area contributed by atoms with Gasteiger partial charge in [-0.2, -0.15) is 0 Å². The van der Waals surface area contributed by atoms with Gasteiger partial charge in [0.25, 0.3) is 0 Å². The molecule has 0 N–H and O–H groups in total. The molecule has 0 radical (unpaired) electrons. The number of fused-ring (bicyclic) bond motifs is 9. The Kier molecular flexibility index (Phi) is 15.5. The molecule has 2 heteroatoms. The maximum absolute atomic E-state index is 2.52. The molecule has 0 bridgehead atoms. The van der Waals surface area contributed by atoms with Crippen LogP contribution < -0.4 is 9.80 Å². The van der Waals surface area contributed by atoms with Crippen LogP contribution in [-0.4, -0.2) is 0 Å². The predicted molar refractivity (Wildman–Crippen MR) is 456 cm³/mol. The van der Waals surface area contributed by atoms with Gasteiger partial charge < -0.3 is 9.80 Å². The van der Waals surface area contributed by atoms with Crippen LogP contribution in [0, 0.1) is 0 Å². The minimum absolute atomic E-state index is 0.361. The summed E-state index contributed by atoms with van der Waals surface area (Å²) < 4.78 is 0. The van der Waals surface area contributed by atoms with Gasteiger partial charge in [0.15, 0.2) is 0 Å². The van der Waals surface area contributed by atoms with E-state index in [0.29, 0.717) is 0 Å². The zero-order valence-corrected chi connectivity index (χ0v) is 60.2. The van der Waals surface area contributed by atoms with Crippen molar-refractivity contribution in [2.75, 3.05) is 9.80 Å². The average molecular weight is 1380 g/mol. The predicted octanol–water partition coefficient (Wildman–Crippen LogP) is 28.8. The summed E-state index contributed by atoms with van der Waals surface area (Å²) >= 11 is 0. The highest BCUT2D eigenvalue weighted by Gasteiger charge is 2.44. The summed E-state index contributed by atoms with van der Waals surface area (Å²) in [5.41, 5.74) is 32.8. The molecule has 2 atom stereocenters. The monoisotopic (exact) mass is 1370 g/mol. The highest BCUT2D eigenvalue weighted by atomic mass is 15.2. The van der Waals surface area contributed by atoms with Gasteiger partial charge in [-0.3, -0.25) is 0 Å². The second-order valence-electron chi connectivity index (χ2n) is 29.2. The van der Waals surface area contributed by atoms with Crippen LogP contribution in [0.1, 0.15) is 47.2 Å². The molecule has 2 unspecified atom stereocenters. The Morgan fingerprint density at radius 2 is 0.537 bits per heavy atom. The largest absolute Gasteiger partial charge is 0.310 e. The summed E-state index contributed by atoms with van der Waals surface area (Å²) in [4.78, 5) is 5.00. The van der Waals surface area contributed by atoms with Crippen molar-refractivity contribution in [1.82, 2.24) is 0 Å². The minimum Gasteiger partial charge on any atom is -0.310 e. The Morgan fingerprint density at radius 1 is 0.185 bits per heavy atom. The lowest BCUT2D eigenvalue weighted by molar-refractivity contribution is 0.714. The zero-order chi connectivity index (χ0) is 71.9. The van der Waals surface area contributed by atoms with E-state index in [4.69, 9.17) is 0 Å². The first-order valence-corrected chi connectivity index (χ1v) is 37.6. The fourth-order valence-electron chi connectivity index (χ4n) is 18.2. The molecule has 0 aromatic heterocycles. The van der Waals surface area contributed by atoms with Crippen molar-refractivity contribution in [3.63, 3.8) is 0 Å². The molecular formula is C106H74N2. The van der Waals surface area contributed by atoms with Crippen molar-refractivity contribution in [2.24, 2.45) is 0 Å². The molecular weight excluding hydrogens is 1300 g/mol. The van der Waals surface area contributed by atoms with E-state index >= 15 is 0 Å².